The number of benzene rings is 3. The van der Waals surface area contributed by atoms with E-state index in [-0.39, 0.29) is 6.04 Å². The molecular weight excluding hydrogens is 384 g/mol. The van der Waals surface area contributed by atoms with Crippen LogP contribution in [0.5, 0.6) is 0 Å². The van der Waals surface area contributed by atoms with Crippen LogP contribution in [0.4, 0.5) is 0 Å². The number of likely N-dealkylation sites (N-methyl/N-ethyl adjacent to an activating group) is 1. The Morgan fingerprint density at radius 2 is 1.19 bits per heavy atom. The Bertz CT molecular complexity index is 1010. The highest BCUT2D eigenvalue weighted by molar-refractivity contribution is 5.34. The normalized spacial score (nSPS) is 15.4. The maximum atomic E-state index is 11.2. The van der Waals surface area contributed by atoms with Crippen molar-refractivity contribution in [1.82, 2.24) is 4.90 Å². The molecule has 0 saturated heterocycles. The van der Waals surface area contributed by atoms with Gasteiger partial charge in [0.05, 0.1) is 18.2 Å². The summed E-state index contributed by atoms with van der Waals surface area (Å²) >= 11 is 0. The average molecular weight is 413 g/mol. The molecule has 0 aliphatic rings. The van der Waals surface area contributed by atoms with Crippen LogP contribution >= 0.6 is 0 Å². The summed E-state index contributed by atoms with van der Waals surface area (Å²) in [5.41, 5.74) is 2.88. The number of hydrogen-bond acceptors (Lipinski definition) is 4. The zero-order valence-electron chi connectivity index (χ0n) is 17.8. The van der Waals surface area contributed by atoms with Gasteiger partial charge in [-0.1, -0.05) is 91.0 Å². The molecule has 0 radical (unpaired) electrons. The molecule has 0 unspecified atom stereocenters. The molecule has 2 N–H and O–H groups in total. The molecule has 0 saturated carbocycles. The van der Waals surface area contributed by atoms with E-state index >= 15 is 0 Å². The first-order valence-corrected chi connectivity index (χ1v) is 10.4. The van der Waals surface area contributed by atoms with Crippen molar-refractivity contribution in [3.63, 3.8) is 0 Å². The maximum absolute atomic E-state index is 11.2. The van der Waals surface area contributed by atoms with Crippen molar-refractivity contribution in [2.45, 2.75) is 31.1 Å². The van der Waals surface area contributed by atoms with Crippen LogP contribution < -0.4 is 0 Å². The van der Waals surface area contributed by atoms with Crippen molar-refractivity contribution < 1.29 is 10.2 Å². The fourth-order valence-corrected chi connectivity index (χ4v) is 3.67. The van der Waals surface area contributed by atoms with Crippen LogP contribution in [0.25, 0.3) is 0 Å². The number of allylic oxidation sites excluding steroid dienone is 1. The van der Waals surface area contributed by atoms with Gasteiger partial charge in [0, 0.05) is 13.0 Å². The summed E-state index contributed by atoms with van der Waals surface area (Å²) in [5, 5.41) is 31.9. The molecule has 0 heterocycles. The summed E-state index contributed by atoms with van der Waals surface area (Å²) in [6, 6.07) is 30.5. The summed E-state index contributed by atoms with van der Waals surface area (Å²) in [6.45, 7) is 1.88. The molecule has 31 heavy (non-hydrogen) atoms. The van der Waals surface area contributed by atoms with Crippen molar-refractivity contribution >= 4 is 0 Å². The molecule has 0 aromatic heterocycles. The summed E-state index contributed by atoms with van der Waals surface area (Å²) in [6.07, 6.45) is 0.230. The monoisotopic (exact) mass is 412 g/mol. The van der Waals surface area contributed by atoms with E-state index in [1.165, 1.54) is 0 Å². The first-order valence-electron chi connectivity index (χ1n) is 10.4. The summed E-state index contributed by atoms with van der Waals surface area (Å²) in [5.74, 6) is -0.415. The van der Waals surface area contributed by atoms with E-state index in [2.05, 4.69) is 6.07 Å². The molecule has 158 valence electrons. The zero-order chi connectivity index (χ0) is 22.2. The number of nitriles is 1. The lowest BCUT2D eigenvalue weighted by molar-refractivity contribution is 0.0905. The quantitative estimate of drug-likeness (QED) is 0.513. The Labute approximate surface area is 184 Å². The van der Waals surface area contributed by atoms with Crippen LogP contribution in [0.1, 0.15) is 41.7 Å². The third-order valence-electron chi connectivity index (χ3n) is 5.71. The Balaban J connectivity index is 1.94. The van der Waals surface area contributed by atoms with Gasteiger partial charge < -0.3 is 15.1 Å². The molecular formula is C27H28N2O2. The third kappa shape index (κ3) is 5.40. The van der Waals surface area contributed by atoms with Gasteiger partial charge in [0.15, 0.2) is 0 Å². The van der Waals surface area contributed by atoms with E-state index in [1.54, 1.807) is 18.0 Å². The minimum absolute atomic E-state index is 0.335. The molecule has 0 aliphatic carbocycles. The van der Waals surface area contributed by atoms with E-state index in [4.69, 9.17) is 0 Å². The van der Waals surface area contributed by atoms with Crippen LogP contribution in [0.3, 0.4) is 0 Å². The Hall–Kier alpha value is -3.39. The second-order valence-corrected chi connectivity index (χ2v) is 7.66. The largest absolute Gasteiger partial charge is 0.387 e. The number of hydrogen-bond donors (Lipinski definition) is 2. The van der Waals surface area contributed by atoms with E-state index in [9.17, 15) is 15.5 Å². The first kappa shape index (κ1) is 22.3. The van der Waals surface area contributed by atoms with E-state index < -0.39 is 18.1 Å². The number of nitrogens with zero attached hydrogens (tertiary/aromatic N) is 2. The standard InChI is InChI=1S/C27H28N2O2/c1-20(26(30)22-14-8-4-9-15-22)29(2)24(19-28)18-25(21-12-6-3-7-13-21)27(31)23-16-10-5-11-17-23/h3-18,20,25-27,30-31H,1-2H3/b24-18-/t20-,25-,26-,27+/m0/s1. The van der Waals surface area contributed by atoms with Crippen LogP contribution in [-0.4, -0.2) is 28.2 Å². The zero-order valence-corrected chi connectivity index (χ0v) is 17.8. The van der Waals surface area contributed by atoms with Gasteiger partial charge in [0.1, 0.15) is 11.8 Å². The van der Waals surface area contributed by atoms with E-state index in [0.717, 1.165) is 16.7 Å². The molecule has 4 nitrogen and oxygen atoms in total. The Kier molecular flexibility index (Phi) is 7.61. The van der Waals surface area contributed by atoms with Crippen molar-refractivity contribution in [2.75, 3.05) is 7.05 Å². The number of aliphatic hydroxyl groups excluding tert-OH is 2. The Morgan fingerprint density at radius 1 is 0.774 bits per heavy atom. The third-order valence-corrected chi connectivity index (χ3v) is 5.71. The van der Waals surface area contributed by atoms with Crippen molar-refractivity contribution in [3.8, 4) is 6.07 Å². The van der Waals surface area contributed by atoms with Crippen LogP contribution in [0, 0.1) is 11.3 Å². The minimum atomic E-state index is -0.810. The highest BCUT2D eigenvalue weighted by atomic mass is 16.3. The SMILES string of the molecule is C[C@@H]([C@H](O)c1ccccc1)N(C)/C(C#N)=C\[C@@H](c1ccccc1)[C@H](O)c1ccccc1. The highest BCUT2D eigenvalue weighted by Gasteiger charge is 2.26. The predicted octanol–water partition coefficient (Wildman–Crippen LogP) is 4.97. The lowest BCUT2D eigenvalue weighted by Gasteiger charge is -2.31. The fraction of sp³-hybridized carbons (Fsp3) is 0.222. The summed E-state index contributed by atoms with van der Waals surface area (Å²) in [4.78, 5) is 1.77. The van der Waals surface area contributed by atoms with Crippen LogP contribution in [0.2, 0.25) is 0 Å². The minimum Gasteiger partial charge on any atom is -0.387 e. The topological polar surface area (TPSA) is 67.5 Å². The smallest absolute Gasteiger partial charge is 0.117 e. The molecule has 0 spiro atoms. The van der Waals surface area contributed by atoms with Gasteiger partial charge in [-0.2, -0.15) is 5.26 Å². The molecule has 4 heteroatoms. The molecule has 0 amide bonds. The highest BCUT2D eigenvalue weighted by Crippen LogP contribution is 2.34. The summed E-state index contributed by atoms with van der Waals surface area (Å²) < 4.78 is 0. The molecule has 3 aromatic carbocycles. The molecule has 0 aliphatic heterocycles. The van der Waals surface area contributed by atoms with Gasteiger partial charge in [-0.3, -0.25) is 0 Å². The molecule has 3 aromatic rings. The van der Waals surface area contributed by atoms with Gasteiger partial charge in [0.2, 0.25) is 0 Å². The molecule has 4 atom stereocenters. The van der Waals surface area contributed by atoms with Gasteiger partial charge in [-0.15, -0.1) is 0 Å². The predicted molar refractivity (Wildman–Crippen MR) is 123 cm³/mol. The van der Waals surface area contributed by atoms with Gasteiger partial charge in [0.25, 0.3) is 0 Å². The number of aliphatic hydroxyl groups is 2. The fourth-order valence-electron chi connectivity index (χ4n) is 3.67. The van der Waals surface area contributed by atoms with Crippen molar-refractivity contribution in [2.24, 2.45) is 0 Å². The van der Waals surface area contributed by atoms with Gasteiger partial charge in [-0.25, -0.2) is 0 Å². The average Bonchev–Trinajstić information content (AvgIpc) is 2.84. The van der Waals surface area contributed by atoms with Crippen molar-refractivity contribution in [3.05, 3.63) is 119 Å². The summed E-state index contributed by atoms with van der Waals surface area (Å²) in [7, 11) is 1.79. The van der Waals surface area contributed by atoms with E-state index in [1.807, 2.05) is 97.9 Å². The first-order chi connectivity index (χ1) is 15.0. The lowest BCUT2D eigenvalue weighted by Crippen LogP contribution is -2.34. The second kappa shape index (κ2) is 10.6. The number of rotatable bonds is 8. The molecule has 3 rings (SSSR count). The molecule has 0 fully saturated rings. The van der Waals surface area contributed by atoms with Crippen molar-refractivity contribution in [1.29, 1.82) is 5.26 Å². The second-order valence-electron chi connectivity index (χ2n) is 7.66. The van der Waals surface area contributed by atoms with Crippen LogP contribution in [-0.2, 0) is 0 Å². The maximum Gasteiger partial charge on any atom is 0.117 e. The lowest BCUT2D eigenvalue weighted by atomic mass is 9.88. The van der Waals surface area contributed by atoms with Gasteiger partial charge >= 0.3 is 0 Å². The van der Waals surface area contributed by atoms with E-state index in [0.29, 0.717) is 5.70 Å². The molecule has 0 bridgehead atoms. The Morgan fingerprint density at radius 3 is 1.65 bits per heavy atom. The van der Waals surface area contributed by atoms with Gasteiger partial charge in [-0.05, 0) is 29.7 Å². The van der Waals surface area contributed by atoms with Crippen LogP contribution in [0.15, 0.2) is 103 Å².